The Hall–Kier alpha value is -0.280. The summed E-state index contributed by atoms with van der Waals surface area (Å²) in [6, 6.07) is -0.0333. The molecule has 96 valence electrons. The van der Waals surface area contributed by atoms with Crippen LogP contribution in [0.5, 0.6) is 0 Å². The fraction of sp³-hybridized carbons (Fsp3) is 0.917. The summed E-state index contributed by atoms with van der Waals surface area (Å²) < 4.78 is 0. The van der Waals surface area contributed by atoms with E-state index in [4.69, 9.17) is 5.73 Å². The average molecular weight is 249 g/mol. The van der Waals surface area contributed by atoms with Gasteiger partial charge in [0, 0.05) is 6.04 Å². The van der Waals surface area contributed by atoms with Crippen molar-refractivity contribution in [2.75, 3.05) is 0 Å². The van der Waals surface area contributed by atoms with Crippen LogP contribution < -0.4 is 11.1 Å². The van der Waals surface area contributed by atoms with Crippen molar-refractivity contribution in [2.24, 2.45) is 17.6 Å². The normalized spacial score (nSPS) is 27.1. The molecule has 3 atom stereocenters. The summed E-state index contributed by atoms with van der Waals surface area (Å²) in [5, 5.41) is 3.04. The summed E-state index contributed by atoms with van der Waals surface area (Å²) in [5.74, 6) is 1.47. The predicted molar refractivity (Wildman–Crippen MR) is 69.6 cm³/mol. The molecule has 0 spiro atoms. The van der Waals surface area contributed by atoms with Crippen molar-refractivity contribution in [1.82, 2.24) is 5.32 Å². The first-order valence-electron chi connectivity index (χ1n) is 6.06. The molecule has 1 fully saturated rings. The molecular formula is C12H25ClN2O. The van der Waals surface area contributed by atoms with Crippen LogP contribution in [-0.2, 0) is 4.79 Å². The Morgan fingerprint density at radius 3 is 2.44 bits per heavy atom. The second-order valence-corrected chi connectivity index (χ2v) is 5.16. The molecule has 0 saturated heterocycles. The molecule has 0 heterocycles. The molecule has 1 aliphatic carbocycles. The van der Waals surface area contributed by atoms with Crippen molar-refractivity contribution >= 4 is 18.3 Å². The van der Waals surface area contributed by atoms with Crippen molar-refractivity contribution in [3.63, 3.8) is 0 Å². The summed E-state index contributed by atoms with van der Waals surface area (Å²) in [5.41, 5.74) is 5.54. The number of hydrogen-bond acceptors (Lipinski definition) is 2. The van der Waals surface area contributed by atoms with E-state index >= 15 is 0 Å². The first-order chi connectivity index (χ1) is 7.00. The van der Waals surface area contributed by atoms with Crippen molar-refractivity contribution in [2.45, 2.75) is 58.5 Å². The van der Waals surface area contributed by atoms with Crippen molar-refractivity contribution in [1.29, 1.82) is 0 Å². The molecule has 0 bridgehead atoms. The smallest absolute Gasteiger partial charge is 0.236 e. The third-order valence-electron chi connectivity index (χ3n) is 3.42. The summed E-state index contributed by atoms with van der Waals surface area (Å²) in [6.45, 7) is 6.26. The lowest BCUT2D eigenvalue weighted by molar-refractivity contribution is -0.123. The van der Waals surface area contributed by atoms with Gasteiger partial charge in [0.05, 0.1) is 6.04 Å². The van der Waals surface area contributed by atoms with E-state index in [1.165, 1.54) is 12.8 Å². The van der Waals surface area contributed by atoms with E-state index in [1.54, 1.807) is 6.92 Å². The van der Waals surface area contributed by atoms with E-state index < -0.39 is 0 Å². The third kappa shape index (κ3) is 4.71. The first kappa shape index (κ1) is 15.7. The molecule has 0 aromatic heterocycles. The molecular weight excluding hydrogens is 224 g/mol. The van der Waals surface area contributed by atoms with Gasteiger partial charge in [0.2, 0.25) is 5.91 Å². The fourth-order valence-electron chi connectivity index (χ4n) is 2.30. The van der Waals surface area contributed by atoms with Crippen molar-refractivity contribution in [3.05, 3.63) is 0 Å². The Balaban J connectivity index is 0.00000225. The van der Waals surface area contributed by atoms with Gasteiger partial charge in [0.15, 0.2) is 0 Å². The zero-order valence-corrected chi connectivity index (χ0v) is 11.3. The Labute approximate surface area is 105 Å². The van der Waals surface area contributed by atoms with Gasteiger partial charge in [-0.2, -0.15) is 0 Å². The number of carbonyl (C=O) groups excluding carboxylic acids is 1. The van der Waals surface area contributed by atoms with Crippen molar-refractivity contribution < 1.29 is 4.79 Å². The highest BCUT2D eigenvalue weighted by molar-refractivity contribution is 5.85. The Bertz CT molecular complexity index is 219. The number of amides is 1. The van der Waals surface area contributed by atoms with E-state index in [-0.39, 0.29) is 24.4 Å². The van der Waals surface area contributed by atoms with Crippen LogP contribution in [0.4, 0.5) is 0 Å². The highest BCUT2D eigenvalue weighted by Gasteiger charge is 2.25. The molecule has 3 nitrogen and oxygen atoms in total. The minimum Gasteiger partial charge on any atom is -0.352 e. The molecule has 1 aliphatic rings. The van der Waals surface area contributed by atoms with Crippen LogP contribution in [0.3, 0.4) is 0 Å². The van der Waals surface area contributed by atoms with E-state index in [1.807, 2.05) is 0 Å². The van der Waals surface area contributed by atoms with Crippen LogP contribution in [0, 0.1) is 11.8 Å². The van der Waals surface area contributed by atoms with Gasteiger partial charge in [0.1, 0.15) is 0 Å². The summed E-state index contributed by atoms with van der Waals surface area (Å²) in [7, 11) is 0. The monoisotopic (exact) mass is 248 g/mol. The van der Waals surface area contributed by atoms with Gasteiger partial charge in [-0.3, -0.25) is 4.79 Å². The standard InChI is InChI=1S/C12H24N2O.ClH/c1-8(2)10-5-4-6-11(7-10)14-12(15)9(3)13;/h8-11H,4-7,13H2,1-3H3,(H,14,15);1H/t9-,10?,11?;/m1./s1. The van der Waals surface area contributed by atoms with Crippen LogP contribution in [0.2, 0.25) is 0 Å². The second kappa shape index (κ2) is 7.13. The zero-order chi connectivity index (χ0) is 11.4. The predicted octanol–water partition coefficient (Wildman–Crippen LogP) is 2.09. The van der Waals surface area contributed by atoms with E-state index in [9.17, 15) is 4.79 Å². The molecule has 4 heteroatoms. The number of carbonyl (C=O) groups is 1. The van der Waals surface area contributed by atoms with Gasteiger partial charge in [-0.1, -0.05) is 26.7 Å². The SMILES string of the molecule is CC(C)C1CCCC(NC(=O)[C@@H](C)N)C1.Cl. The molecule has 16 heavy (non-hydrogen) atoms. The first-order valence-corrected chi connectivity index (χ1v) is 6.06. The van der Waals surface area contributed by atoms with E-state index in [2.05, 4.69) is 19.2 Å². The molecule has 3 N–H and O–H groups in total. The van der Waals surface area contributed by atoms with Gasteiger partial charge in [-0.05, 0) is 31.6 Å². The lowest BCUT2D eigenvalue weighted by atomic mass is 9.79. The van der Waals surface area contributed by atoms with Gasteiger partial charge in [-0.25, -0.2) is 0 Å². The summed E-state index contributed by atoms with van der Waals surface area (Å²) in [4.78, 5) is 11.5. The van der Waals surface area contributed by atoms with Crippen LogP contribution in [-0.4, -0.2) is 18.0 Å². The van der Waals surface area contributed by atoms with E-state index in [0.29, 0.717) is 6.04 Å². The number of nitrogens with one attached hydrogen (secondary N) is 1. The van der Waals surface area contributed by atoms with Gasteiger partial charge in [-0.15, -0.1) is 12.4 Å². The highest BCUT2D eigenvalue weighted by atomic mass is 35.5. The summed E-state index contributed by atoms with van der Waals surface area (Å²) >= 11 is 0. The molecule has 1 rings (SSSR count). The minimum absolute atomic E-state index is 0. The fourth-order valence-corrected chi connectivity index (χ4v) is 2.30. The quantitative estimate of drug-likeness (QED) is 0.804. The largest absolute Gasteiger partial charge is 0.352 e. The van der Waals surface area contributed by atoms with Gasteiger partial charge >= 0.3 is 0 Å². The maximum atomic E-state index is 11.5. The Morgan fingerprint density at radius 2 is 1.94 bits per heavy atom. The molecule has 0 aromatic rings. The van der Waals surface area contributed by atoms with Gasteiger partial charge < -0.3 is 11.1 Å². The van der Waals surface area contributed by atoms with Crippen molar-refractivity contribution in [3.8, 4) is 0 Å². The summed E-state index contributed by atoms with van der Waals surface area (Å²) in [6.07, 6.45) is 4.77. The van der Waals surface area contributed by atoms with Crippen LogP contribution in [0.15, 0.2) is 0 Å². The van der Waals surface area contributed by atoms with Crippen LogP contribution in [0.1, 0.15) is 46.5 Å². The average Bonchev–Trinajstić information content (AvgIpc) is 2.18. The van der Waals surface area contributed by atoms with Crippen LogP contribution in [0.25, 0.3) is 0 Å². The molecule has 0 aromatic carbocycles. The van der Waals surface area contributed by atoms with Crippen LogP contribution >= 0.6 is 12.4 Å². The van der Waals surface area contributed by atoms with E-state index in [0.717, 1.165) is 24.7 Å². The van der Waals surface area contributed by atoms with Gasteiger partial charge in [0.25, 0.3) is 0 Å². The number of halogens is 1. The highest BCUT2D eigenvalue weighted by Crippen LogP contribution is 2.29. The molecule has 1 amide bonds. The lowest BCUT2D eigenvalue weighted by Gasteiger charge is -2.32. The number of nitrogens with two attached hydrogens (primary N) is 1. The zero-order valence-electron chi connectivity index (χ0n) is 10.5. The third-order valence-corrected chi connectivity index (χ3v) is 3.42. The molecule has 1 saturated carbocycles. The molecule has 2 unspecified atom stereocenters. The minimum atomic E-state index is -0.385. The second-order valence-electron chi connectivity index (χ2n) is 5.16. The number of rotatable bonds is 3. The molecule has 0 radical (unpaired) electrons. The topological polar surface area (TPSA) is 55.1 Å². The lowest BCUT2D eigenvalue weighted by Crippen LogP contribution is -2.45. The Kier molecular flexibility index (Phi) is 7.00. The number of hydrogen-bond donors (Lipinski definition) is 2. The maximum Gasteiger partial charge on any atom is 0.236 e. The maximum absolute atomic E-state index is 11.5. The molecule has 0 aliphatic heterocycles. The Morgan fingerprint density at radius 1 is 1.31 bits per heavy atom.